The molecule has 0 amide bonds. The molecule has 4 rings (SSSR count). The first-order valence-electron chi connectivity index (χ1n) is 10.1. The fourth-order valence-corrected chi connectivity index (χ4v) is 3.42. The van der Waals surface area contributed by atoms with Crippen LogP contribution in [0.25, 0.3) is 17.2 Å². The van der Waals surface area contributed by atoms with E-state index >= 15 is 0 Å². The third-order valence-corrected chi connectivity index (χ3v) is 5.24. The molecule has 0 atom stereocenters. The maximum atomic E-state index is 12.7. The van der Waals surface area contributed by atoms with Gasteiger partial charge >= 0.3 is 5.97 Å². The molecule has 0 aromatic heterocycles. The molecular formula is C28H19ClO3. The van der Waals surface area contributed by atoms with E-state index in [0.29, 0.717) is 21.9 Å². The topological polar surface area (TPSA) is 43.4 Å². The van der Waals surface area contributed by atoms with E-state index < -0.39 is 5.97 Å². The van der Waals surface area contributed by atoms with Crippen molar-refractivity contribution in [1.82, 2.24) is 0 Å². The van der Waals surface area contributed by atoms with Crippen LogP contribution in [0.15, 0.2) is 109 Å². The van der Waals surface area contributed by atoms with Gasteiger partial charge in [-0.3, -0.25) is 4.79 Å². The molecule has 3 nitrogen and oxygen atoms in total. The lowest BCUT2D eigenvalue weighted by Crippen LogP contribution is -2.09. The number of halogens is 1. The minimum Gasteiger partial charge on any atom is -0.422 e. The van der Waals surface area contributed by atoms with Gasteiger partial charge < -0.3 is 4.74 Å². The highest BCUT2D eigenvalue weighted by Gasteiger charge is 2.13. The number of hydrogen-bond acceptors (Lipinski definition) is 3. The van der Waals surface area contributed by atoms with E-state index in [1.165, 1.54) is 6.08 Å². The number of rotatable bonds is 6. The molecule has 0 spiro atoms. The van der Waals surface area contributed by atoms with Gasteiger partial charge in [0.05, 0.1) is 10.6 Å². The SMILES string of the molecule is O=C(C=Cc1ccccc1OC(=O)c1ccccc1Cl)c1ccc(-c2ccccc2)cc1. The Labute approximate surface area is 191 Å². The van der Waals surface area contributed by atoms with Crippen molar-refractivity contribution in [1.29, 1.82) is 0 Å². The van der Waals surface area contributed by atoms with E-state index in [1.807, 2.05) is 48.5 Å². The molecule has 4 aromatic carbocycles. The molecular weight excluding hydrogens is 420 g/mol. The number of ether oxygens (including phenoxy) is 1. The number of carbonyl (C=O) groups excluding carboxylic acids is 2. The van der Waals surface area contributed by atoms with Gasteiger partial charge in [0.2, 0.25) is 0 Å². The third kappa shape index (κ3) is 5.02. The first-order chi connectivity index (χ1) is 15.6. The summed E-state index contributed by atoms with van der Waals surface area (Å²) in [7, 11) is 0. The predicted octanol–water partition coefficient (Wildman–Crippen LogP) is 7.12. The lowest BCUT2D eigenvalue weighted by atomic mass is 10.0. The monoisotopic (exact) mass is 438 g/mol. The largest absolute Gasteiger partial charge is 0.422 e. The molecule has 0 bridgehead atoms. The van der Waals surface area contributed by atoms with Crippen LogP contribution in [0, 0.1) is 0 Å². The summed E-state index contributed by atoms with van der Waals surface area (Å²) in [6, 6.07) is 31.2. The van der Waals surface area contributed by atoms with E-state index in [9.17, 15) is 9.59 Å². The normalized spacial score (nSPS) is 10.8. The minimum atomic E-state index is -0.556. The second kappa shape index (κ2) is 9.90. The van der Waals surface area contributed by atoms with E-state index in [0.717, 1.165) is 11.1 Å². The smallest absolute Gasteiger partial charge is 0.345 e. The van der Waals surface area contributed by atoms with E-state index in [1.54, 1.807) is 60.7 Å². The molecule has 0 aliphatic heterocycles. The Balaban J connectivity index is 1.49. The second-order valence-electron chi connectivity index (χ2n) is 7.05. The Morgan fingerprint density at radius 1 is 0.688 bits per heavy atom. The van der Waals surface area contributed by atoms with Crippen LogP contribution in [0.5, 0.6) is 5.75 Å². The number of esters is 1. The molecule has 4 aromatic rings. The second-order valence-corrected chi connectivity index (χ2v) is 7.46. The van der Waals surface area contributed by atoms with Gasteiger partial charge in [-0.2, -0.15) is 0 Å². The van der Waals surface area contributed by atoms with Gasteiger partial charge in [-0.05, 0) is 41.5 Å². The average Bonchev–Trinajstić information content (AvgIpc) is 2.84. The van der Waals surface area contributed by atoms with Crippen LogP contribution in [0.3, 0.4) is 0 Å². The molecule has 0 fully saturated rings. The van der Waals surface area contributed by atoms with Crippen LogP contribution >= 0.6 is 11.6 Å². The van der Waals surface area contributed by atoms with Crippen molar-refractivity contribution in [2.24, 2.45) is 0 Å². The summed E-state index contributed by atoms with van der Waals surface area (Å²) in [5.41, 5.74) is 3.61. The molecule has 0 saturated heterocycles. The highest BCUT2D eigenvalue weighted by molar-refractivity contribution is 6.33. The number of para-hydroxylation sites is 1. The van der Waals surface area contributed by atoms with Crippen LogP contribution in [0.4, 0.5) is 0 Å². The fourth-order valence-electron chi connectivity index (χ4n) is 3.21. The Morgan fingerprint density at radius 2 is 1.31 bits per heavy atom. The van der Waals surface area contributed by atoms with Gasteiger partial charge in [0.25, 0.3) is 0 Å². The molecule has 0 aliphatic rings. The van der Waals surface area contributed by atoms with Gasteiger partial charge in [0.15, 0.2) is 5.78 Å². The standard InChI is InChI=1S/C28H19ClO3/c29-25-12-6-5-11-24(25)28(31)32-27-13-7-4-10-23(27)18-19-26(30)22-16-14-21(15-17-22)20-8-2-1-3-9-20/h1-19H. The van der Waals surface area contributed by atoms with Crippen molar-refractivity contribution in [3.8, 4) is 16.9 Å². The lowest BCUT2D eigenvalue weighted by Gasteiger charge is -2.08. The van der Waals surface area contributed by atoms with Gasteiger partial charge in [-0.25, -0.2) is 4.79 Å². The molecule has 0 unspecified atom stereocenters. The van der Waals surface area contributed by atoms with Crippen LogP contribution in [-0.4, -0.2) is 11.8 Å². The van der Waals surface area contributed by atoms with Crippen LogP contribution in [-0.2, 0) is 0 Å². The third-order valence-electron chi connectivity index (χ3n) is 4.91. The summed E-state index contributed by atoms with van der Waals surface area (Å²) in [6.45, 7) is 0. The summed E-state index contributed by atoms with van der Waals surface area (Å²) in [4.78, 5) is 25.2. The molecule has 0 radical (unpaired) electrons. The lowest BCUT2D eigenvalue weighted by molar-refractivity contribution is 0.0734. The maximum absolute atomic E-state index is 12.7. The summed E-state index contributed by atoms with van der Waals surface area (Å²) in [6.07, 6.45) is 3.11. The Morgan fingerprint density at radius 3 is 2.06 bits per heavy atom. The Kier molecular flexibility index (Phi) is 6.59. The minimum absolute atomic E-state index is 0.142. The highest BCUT2D eigenvalue weighted by atomic mass is 35.5. The van der Waals surface area contributed by atoms with Gasteiger partial charge in [-0.15, -0.1) is 0 Å². The Hall–Kier alpha value is -3.95. The predicted molar refractivity (Wildman–Crippen MR) is 128 cm³/mol. The van der Waals surface area contributed by atoms with Gasteiger partial charge in [-0.1, -0.05) is 96.5 Å². The van der Waals surface area contributed by atoms with Crippen molar-refractivity contribution in [2.45, 2.75) is 0 Å². The van der Waals surface area contributed by atoms with Crippen molar-refractivity contribution in [2.75, 3.05) is 0 Å². The summed E-state index contributed by atoms with van der Waals surface area (Å²) in [5.74, 6) is -0.350. The van der Waals surface area contributed by atoms with Crippen LogP contribution in [0.2, 0.25) is 5.02 Å². The molecule has 0 N–H and O–H groups in total. The van der Waals surface area contributed by atoms with Gasteiger partial charge in [0.1, 0.15) is 5.75 Å². The molecule has 32 heavy (non-hydrogen) atoms. The highest BCUT2D eigenvalue weighted by Crippen LogP contribution is 2.24. The average molecular weight is 439 g/mol. The van der Waals surface area contributed by atoms with Crippen molar-refractivity contribution in [3.05, 3.63) is 131 Å². The molecule has 0 heterocycles. The number of carbonyl (C=O) groups is 2. The molecule has 0 saturated carbocycles. The van der Waals surface area contributed by atoms with E-state index in [2.05, 4.69) is 0 Å². The first kappa shape index (κ1) is 21.3. The first-order valence-corrected chi connectivity index (χ1v) is 10.4. The number of hydrogen-bond donors (Lipinski definition) is 0. The number of allylic oxidation sites excluding steroid dienone is 1. The molecule has 4 heteroatoms. The summed E-state index contributed by atoms with van der Waals surface area (Å²) < 4.78 is 5.53. The number of benzene rings is 4. The zero-order valence-electron chi connectivity index (χ0n) is 17.1. The van der Waals surface area contributed by atoms with Gasteiger partial charge in [0, 0.05) is 11.1 Å². The zero-order chi connectivity index (χ0) is 22.3. The summed E-state index contributed by atoms with van der Waals surface area (Å²) in [5, 5.41) is 0.319. The van der Waals surface area contributed by atoms with Crippen molar-refractivity contribution >= 4 is 29.4 Å². The summed E-state index contributed by atoms with van der Waals surface area (Å²) >= 11 is 6.09. The van der Waals surface area contributed by atoms with E-state index in [-0.39, 0.29) is 11.3 Å². The van der Waals surface area contributed by atoms with Crippen molar-refractivity contribution < 1.29 is 14.3 Å². The zero-order valence-corrected chi connectivity index (χ0v) is 17.8. The van der Waals surface area contributed by atoms with E-state index in [4.69, 9.17) is 16.3 Å². The molecule has 0 aliphatic carbocycles. The van der Waals surface area contributed by atoms with Crippen molar-refractivity contribution in [3.63, 3.8) is 0 Å². The fraction of sp³-hybridized carbons (Fsp3) is 0. The quantitative estimate of drug-likeness (QED) is 0.139. The number of ketones is 1. The van der Waals surface area contributed by atoms with Crippen LogP contribution in [0.1, 0.15) is 26.3 Å². The Bertz CT molecular complexity index is 1280. The van der Waals surface area contributed by atoms with Crippen LogP contribution < -0.4 is 4.74 Å². The maximum Gasteiger partial charge on any atom is 0.345 e. The molecule has 156 valence electrons.